The molecule has 0 saturated carbocycles. The molecule has 0 aliphatic carbocycles. The fourth-order valence-corrected chi connectivity index (χ4v) is 3.45. The maximum Gasteiger partial charge on any atom is 0.156 e. The van der Waals surface area contributed by atoms with E-state index in [4.69, 9.17) is 9.52 Å². The van der Waals surface area contributed by atoms with Gasteiger partial charge in [0.2, 0.25) is 0 Å². The number of nitrogens with zero attached hydrogens (tertiary/aromatic N) is 4. The Bertz CT molecular complexity index is 1260. The number of para-hydroxylation sites is 1. The van der Waals surface area contributed by atoms with E-state index in [-0.39, 0.29) is 0 Å². The van der Waals surface area contributed by atoms with Crippen LogP contribution in [-0.4, -0.2) is 20.0 Å². The number of hydrogen-bond acceptors (Lipinski definition) is 4. The molecule has 0 atom stereocenters. The smallest absolute Gasteiger partial charge is 0.156 e. The molecule has 0 fully saturated rings. The van der Waals surface area contributed by atoms with Gasteiger partial charge in [-0.15, -0.1) is 5.10 Å². The lowest BCUT2D eigenvalue weighted by Gasteiger charge is -1.98. The Hall–Kier alpha value is -2.99. The first-order valence-corrected chi connectivity index (χ1v) is 8.96. The van der Waals surface area contributed by atoms with E-state index in [0.29, 0.717) is 11.5 Å². The van der Waals surface area contributed by atoms with E-state index in [1.807, 2.05) is 72.4 Å². The number of aryl methyl sites for hydroxylation is 1. The average molecular weight is 405 g/mol. The quantitative estimate of drug-likeness (QED) is 0.400. The van der Waals surface area contributed by atoms with Crippen LogP contribution in [0.2, 0.25) is 0 Å². The largest absolute Gasteiger partial charge is 0.454 e. The molecule has 6 heteroatoms. The number of aromatic nitrogens is 4. The molecule has 0 radical (unpaired) electrons. The molecule has 5 nitrogen and oxygen atoms in total. The second-order valence-electron chi connectivity index (χ2n) is 6.10. The molecule has 0 N–H and O–H groups in total. The lowest BCUT2D eigenvalue weighted by atomic mass is 10.2. The molecule has 3 heterocycles. The van der Waals surface area contributed by atoms with Crippen LogP contribution in [-0.2, 0) is 0 Å². The number of halogens is 1. The number of benzene rings is 2. The molecule has 5 aromatic rings. The van der Waals surface area contributed by atoms with Crippen molar-refractivity contribution in [3.63, 3.8) is 0 Å². The molecule has 0 amide bonds. The molecule has 3 aromatic heterocycles. The Morgan fingerprint density at radius 2 is 1.85 bits per heavy atom. The summed E-state index contributed by atoms with van der Waals surface area (Å²) in [5.41, 5.74) is 4.11. The molecule has 2 aromatic carbocycles. The first-order valence-electron chi connectivity index (χ1n) is 8.16. The Labute approximate surface area is 157 Å². The summed E-state index contributed by atoms with van der Waals surface area (Å²) in [7, 11) is 0. The van der Waals surface area contributed by atoms with Crippen molar-refractivity contribution < 1.29 is 4.42 Å². The van der Waals surface area contributed by atoms with Crippen LogP contribution >= 0.6 is 15.9 Å². The Morgan fingerprint density at radius 1 is 1.00 bits per heavy atom. The van der Waals surface area contributed by atoms with E-state index in [9.17, 15) is 0 Å². The van der Waals surface area contributed by atoms with E-state index < -0.39 is 0 Å². The Balaban J connectivity index is 1.74. The summed E-state index contributed by atoms with van der Waals surface area (Å²) in [4.78, 5) is 0. The first kappa shape index (κ1) is 15.3. The molecular weight excluding hydrogens is 392 g/mol. The van der Waals surface area contributed by atoms with Gasteiger partial charge in [-0.1, -0.05) is 34.1 Å². The van der Waals surface area contributed by atoms with E-state index in [1.54, 1.807) is 0 Å². The third-order valence-electron chi connectivity index (χ3n) is 4.34. The molecule has 126 valence electrons. The van der Waals surface area contributed by atoms with Crippen molar-refractivity contribution in [2.75, 3.05) is 0 Å². The van der Waals surface area contributed by atoms with Gasteiger partial charge >= 0.3 is 0 Å². The van der Waals surface area contributed by atoms with Crippen LogP contribution in [0.5, 0.6) is 0 Å². The highest BCUT2D eigenvalue weighted by atomic mass is 79.9. The molecule has 0 aliphatic heterocycles. The molecule has 0 saturated heterocycles. The van der Waals surface area contributed by atoms with Gasteiger partial charge in [0, 0.05) is 16.1 Å². The summed E-state index contributed by atoms with van der Waals surface area (Å²) in [6, 6.07) is 17.9. The molecule has 0 spiro atoms. The SMILES string of the molecule is Cc1nnc(-c2cc3cc(Br)ccc3o2)c2cn(-c3ccccc3)nc12. The highest BCUT2D eigenvalue weighted by Crippen LogP contribution is 2.33. The van der Waals surface area contributed by atoms with Gasteiger partial charge in [0.1, 0.15) is 16.8 Å². The normalized spacial score (nSPS) is 11.5. The lowest BCUT2D eigenvalue weighted by Crippen LogP contribution is -1.94. The van der Waals surface area contributed by atoms with Crippen LogP contribution in [0.3, 0.4) is 0 Å². The summed E-state index contributed by atoms with van der Waals surface area (Å²) in [6.07, 6.45) is 1.98. The molecule has 0 aliphatic rings. The second-order valence-corrected chi connectivity index (χ2v) is 7.01. The van der Waals surface area contributed by atoms with E-state index in [0.717, 1.165) is 37.7 Å². The maximum absolute atomic E-state index is 6.01. The van der Waals surface area contributed by atoms with E-state index in [1.165, 1.54) is 0 Å². The van der Waals surface area contributed by atoms with Crippen molar-refractivity contribution in [2.45, 2.75) is 6.92 Å². The number of rotatable bonds is 2. The van der Waals surface area contributed by atoms with Gasteiger partial charge in [0.15, 0.2) is 5.76 Å². The Kier molecular flexibility index (Phi) is 3.39. The van der Waals surface area contributed by atoms with Crippen LogP contribution in [0.4, 0.5) is 0 Å². The third-order valence-corrected chi connectivity index (χ3v) is 4.84. The molecule has 5 rings (SSSR count). The molecule has 26 heavy (non-hydrogen) atoms. The van der Waals surface area contributed by atoms with Crippen LogP contribution in [0.15, 0.2) is 69.7 Å². The zero-order chi connectivity index (χ0) is 17.7. The van der Waals surface area contributed by atoms with Gasteiger partial charge < -0.3 is 4.42 Å². The monoisotopic (exact) mass is 404 g/mol. The van der Waals surface area contributed by atoms with E-state index in [2.05, 4.69) is 26.1 Å². The zero-order valence-electron chi connectivity index (χ0n) is 13.8. The predicted molar refractivity (Wildman–Crippen MR) is 104 cm³/mol. The average Bonchev–Trinajstić information content (AvgIpc) is 3.27. The molecule has 0 bridgehead atoms. The van der Waals surface area contributed by atoms with Crippen LogP contribution < -0.4 is 0 Å². The number of hydrogen-bond donors (Lipinski definition) is 0. The maximum atomic E-state index is 6.01. The minimum Gasteiger partial charge on any atom is -0.454 e. The highest BCUT2D eigenvalue weighted by molar-refractivity contribution is 9.10. The van der Waals surface area contributed by atoms with Crippen molar-refractivity contribution in [3.8, 4) is 17.1 Å². The topological polar surface area (TPSA) is 56.7 Å². The van der Waals surface area contributed by atoms with Gasteiger partial charge in [-0.05, 0) is 43.3 Å². The summed E-state index contributed by atoms with van der Waals surface area (Å²) in [5.74, 6) is 0.684. The minimum atomic E-state index is 0.684. The Morgan fingerprint density at radius 3 is 2.69 bits per heavy atom. The summed E-state index contributed by atoms with van der Waals surface area (Å²) in [6.45, 7) is 1.91. The second kappa shape index (κ2) is 5.78. The van der Waals surface area contributed by atoms with Crippen molar-refractivity contribution in [1.29, 1.82) is 0 Å². The van der Waals surface area contributed by atoms with E-state index >= 15 is 0 Å². The summed E-state index contributed by atoms with van der Waals surface area (Å²) >= 11 is 3.49. The van der Waals surface area contributed by atoms with Gasteiger partial charge in [-0.3, -0.25) is 0 Å². The number of fused-ring (bicyclic) bond motifs is 2. The molecule has 0 unspecified atom stereocenters. The van der Waals surface area contributed by atoms with Crippen LogP contribution in [0.1, 0.15) is 5.69 Å². The van der Waals surface area contributed by atoms with Gasteiger partial charge in [0.25, 0.3) is 0 Å². The standard InChI is InChI=1S/C20H13BrN4O/c1-12-19-16(11-25(24-19)15-5-3-2-4-6-15)20(23-22-12)18-10-13-9-14(21)7-8-17(13)26-18/h2-11H,1H3. The number of furan rings is 1. The predicted octanol–water partition coefficient (Wildman–Crippen LogP) is 5.30. The highest BCUT2D eigenvalue weighted by Gasteiger charge is 2.17. The van der Waals surface area contributed by atoms with Crippen molar-refractivity contribution in [1.82, 2.24) is 20.0 Å². The third kappa shape index (κ3) is 2.42. The van der Waals surface area contributed by atoms with Gasteiger partial charge in [-0.25, -0.2) is 4.68 Å². The van der Waals surface area contributed by atoms with Crippen molar-refractivity contribution in [3.05, 3.63) is 71.0 Å². The lowest BCUT2D eigenvalue weighted by molar-refractivity contribution is 0.628. The van der Waals surface area contributed by atoms with Crippen LogP contribution in [0.25, 0.3) is 39.0 Å². The van der Waals surface area contributed by atoms with Crippen molar-refractivity contribution in [2.24, 2.45) is 0 Å². The van der Waals surface area contributed by atoms with Crippen molar-refractivity contribution >= 4 is 37.8 Å². The minimum absolute atomic E-state index is 0.684. The summed E-state index contributed by atoms with van der Waals surface area (Å²) < 4.78 is 8.87. The molecular formula is C20H13BrN4O. The fraction of sp³-hybridized carbons (Fsp3) is 0.0500. The van der Waals surface area contributed by atoms with Crippen LogP contribution in [0, 0.1) is 6.92 Å². The summed E-state index contributed by atoms with van der Waals surface area (Å²) in [5, 5.41) is 15.3. The van der Waals surface area contributed by atoms with Gasteiger partial charge in [-0.2, -0.15) is 10.2 Å². The van der Waals surface area contributed by atoms with Gasteiger partial charge in [0.05, 0.1) is 16.8 Å². The first-order chi connectivity index (χ1) is 12.7. The zero-order valence-corrected chi connectivity index (χ0v) is 15.4. The fourth-order valence-electron chi connectivity index (χ4n) is 3.07.